The molecule has 8 heteroatoms. The summed E-state index contributed by atoms with van der Waals surface area (Å²) in [6, 6.07) is 13.1. The Kier molecular flexibility index (Phi) is 5.75. The van der Waals surface area contributed by atoms with Crippen molar-refractivity contribution < 1.29 is 13.2 Å². The van der Waals surface area contributed by atoms with Crippen LogP contribution in [0.25, 0.3) is 5.69 Å². The largest absolute Gasteiger partial charge is 0.416 e. The van der Waals surface area contributed by atoms with Gasteiger partial charge in [0.05, 0.1) is 23.3 Å². The second kappa shape index (κ2) is 8.24. The van der Waals surface area contributed by atoms with E-state index in [1.54, 1.807) is 12.3 Å². The van der Waals surface area contributed by atoms with Gasteiger partial charge in [0, 0.05) is 29.3 Å². The zero-order valence-electron chi connectivity index (χ0n) is 18.3. The van der Waals surface area contributed by atoms with Crippen molar-refractivity contribution >= 4 is 17.3 Å². The van der Waals surface area contributed by atoms with Crippen molar-refractivity contribution in [2.75, 3.05) is 0 Å². The van der Waals surface area contributed by atoms with Gasteiger partial charge in [-0.25, -0.2) is 0 Å². The maximum absolute atomic E-state index is 13.3. The average Bonchev–Trinajstić information content (AvgIpc) is 3.23. The van der Waals surface area contributed by atoms with Crippen LogP contribution < -0.4 is 5.32 Å². The summed E-state index contributed by atoms with van der Waals surface area (Å²) < 4.78 is 41.8. The molecule has 1 aliphatic heterocycles. The second-order valence-electron chi connectivity index (χ2n) is 8.34. The van der Waals surface area contributed by atoms with Gasteiger partial charge in [0.15, 0.2) is 5.11 Å². The quantitative estimate of drug-likeness (QED) is 0.495. The monoisotopic (exact) mass is 458 g/mol. The summed E-state index contributed by atoms with van der Waals surface area (Å²) in [5.74, 6) is 0. The summed E-state index contributed by atoms with van der Waals surface area (Å²) in [7, 11) is 0. The summed E-state index contributed by atoms with van der Waals surface area (Å²) in [5.41, 5.74) is 3.44. The van der Waals surface area contributed by atoms with Crippen molar-refractivity contribution in [3.05, 3.63) is 82.9 Å². The molecule has 32 heavy (non-hydrogen) atoms. The number of nitrogens with zero attached hydrogens (tertiary/aromatic N) is 3. The molecule has 0 saturated carbocycles. The van der Waals surface area contributed by atoms with Crippen LogP contribution in [-0.4, -0.2) is 25.6 Å². The lowest BCUT2D eigenvalue weighted by Gasteiger charge is -2.31. The highest BCUT2D eigenvalue weighted by molar-refractivity contribution is 7.80. The first-order chi connectivity index (χ1) is 15.1. The van der Waals surface area contributed by atoms with E-state index >= 15 is 0 Å². The zero-order chi connectivity index (χ0) is 23.2. The minimum atomic E-state index is -4.39. The molecule has 0 unspecified atom stereocenters. The molecule has 3 aromatic rings. The van der Waals surface area contributed by atoms with Crippen LogP contribution in [0.15, 0.2) is 54.7 Å². The molecule has 4 nitrogen and oxygen atoms in total. The van der Waals surface area contributed by atoms with E-state index in [0.29, 0.717) is 10.8 Å². The fourth-order valence-electron chi connectivity index (χ4n) is 4.56. The number of aryl methyl sites for hydroxylation is 1. The molecular formula is C24H25F3N4S. The van der Waals surface area contributed by atoms with Gasteiger partial charge in [0.2, 0.25) is 0 Å². The fraction of sp³-hybridized carbons (Fsp3) is 0.333. The van der Waals surface area contributed by atoms with E-state index in [2.05, 4.69) is 29.0 Å². The number of halogens is 3. The normalized spacial score (nSPS) is 19.0. The van der Waals surface area contributed by atoms with Crippen LogP contribution in [0.4, 0.5) is 13.2 Å². The number of thiocarbonyl (C=S) groups is 1. The average molecular weight is 459 g/mol. The number of alkyl halides is 3. The summed E-state index contributed by atoms with van der Waals surface area (Å²) in [6.07, 6.45) is -2.64. The molecule has 1 N–H and O–H groups in total. The minimum absolute atomic E-state index is 0.130. The van der Waals surface area contributed by atoms with Crippen LogP contribution >= 0.6 is 12.2 Å². The van der Waals surface area contributed by atoms with Crippen molar-refractivity contribution in [2.24, 2.45) is 0 Å². The number of nitrogens with one attached hydrogen (secondary N) is 1. The molecule has 3 heterocycles. The summed E-state index contributed by atoms with van der Waals surface area (Å²) in [4.78, 5) is 6.69. The minimum Gasteiger partial charge on any atom is -0.352 e. The third-order valence-electron chi connectivity index (χ3n) is 5.91. The van der Waals surface area contributed by atoms with E-state index in [1.807, 2.05) is 42.7 Å². The van der Waals surface area contributed by atoms with Gasteiger partial charge in [0.1, 0.15) is 0 Å². The van der Waals surface area contributed by atoms with E-state index < -0.39 is 11.7 Å². The Balaban J connectivity index is 1.85. The Bertz CT molecular complexity index is 1140. The van der Waals surface area contributed by atoms with Gasteiger partial charge in [-0.15, -0.1) is 0 Å². The third kappa shape index (κ3) is 3.88. The number of pyridine rings is 1. The van der Waals surface area contributed by atoms with Crippen LogP contribution in [0.2, 0.25) is 0 Å². The van der Waals surface area contributed by atoms with Crippen LogP contribution in [-0.2, 0) is 6.18 Å². The molecule has 0 amide bonds. The van der Waals surface area contributed by atoms with Gasteiger partial charge in [-0.2, -0.15) is 13.2 Å². The molecular weight excluding hydrogens is 433 g/mol. The Hall–Kier alpha value is -2.87. The first-order valence-electron chi connectivity index (χ1n) is 10.5. The van der Waals surface area contributed by atoms with Crippen molar-refractivity contribution in [2.45, 2.75) is 52.0 Å². The van der Waals surface area contributed by atoms with Gasteiger partial charge < -0.3 is 14.8 Å². The molecule has 1 aromatic carbocycles. The van der Waals surface area contributed by atoms with Crippen LogP contribution in [0.5, 0.6) is 0 Å². The van der Waals surface area contributed by atoms with Gasteiger partial charge >= 0.3 is 6.18 Å². The van der Waals surface area contributed by atoms with Crippen LogP contribution in [0, 0.1) is 13.8 Å². The molecule has 0 spiro atoms. The van der Waals surface area contributed by atoms with Gasteiger partial charge in [-0.3, -0.25) is 4.98 Å². The Morgan fingerprint density at radius 3 is 2.44 bits per heavy atom. The van der Waals surface area contributed by atoms with Gasteiger partial charge in [-0.1, -0.05) is 12.1 Å². The zero-order valence-corrected chi connectivity index (χ0v) is 19.1. The number of hydrogen-bond acceptors (Lipinski definition) is 2. The van der Waals surface area contributed by atoms with E-state index in [4.69, 9.17) is 12.2 Å². The molecule has 168 valence electrons. The lowest BCUT2D eigenvalue weighted by molar-refractivity contribution is -0.137. The van der Waals surface area contributed by atoms with E-state index in [9.17, 15) is 13.2 Å². The summed E-state index contributed by atoms with van der Waals surface area (Å²) in [6.45, 7) is 8.01. The predicted octanol–water partition coefficient (Wildman–Crippen LogP) is 5.89. The van der Waals surface area contributed by atoms with Crippen molar-refractivity contribution in [1.29, 1.82) is 0 Å². The highest BCUT2D eigenvalue weighted by Gasteiger charge is 2.42. The molecule has 0 radical (unpaired) electrons. The van der Waals surface area contributed by atoms with E-state index in [0.717, 1.165) is 28.7 Å². The predicted molar refractivity (Wildman–Crippen MR) is 123 cm³/mol. The van der Waals surface area contributed by atoms with Crippen molar-refractivity contribution in [3.8, 4) is 5.69 Å². The SMILES string of the molecule is Cc1cc([C@H]2[C@@H](c3ccccn3)NC(=S)N2C(C)C)c(C)n1-c1cccc(C(F)(F)F)c1. The lowest BCUT2D eigenvalue weighted by Crippen LogP contribution is -2.35. The Morgan fingerprint density at radius 1 is 1.06 bits per heavy atom. The topological polar surface area (TPSA) is 33.1 Å². The van der Waals surface area contributed by atoms with E-state index in [-0.39, 0.29) is 18.1 Å². The smallest absolute Gasteiger partial charge is 0.352 e. The molecule has 1 saturated heterocycles. The van der Waals surface area contributed by atoms with Gasteiger partial charge in [0.25, 0.3) is 0 Å². The first kappa shape index (κ1) is 22.3. The summed E-state index contributed by atoms with van der Waals surface area (Å²) in [5, 5.41) is 4.05. The van der Waals surface area contributed by atoms with Gasteiger partial charge in [-0.05, 0) is 81.9 Å². The molecule has 4 rings (SSSR count). The number of aromatic nitrogens is 2. The number of hydrogen-bond donors (Lipinski definition) is 1. The Morgan fingerprint density at radius 2 is 1.81 bits per heavy atom. The fourth-order valence-corrected chi connectivity index (χ4v) is 5.01. The van der Waals surface area contributed by atoms with Crippen molar-refractivity contribution in [3.63, 3.8) is 0 Å². The highest BCUT2D eigenvalue weighted by atomic mass is 32.1. The maximum atomic E-state index is 13.3. The summed E-state index contributed by atoms with van der Waals surface area (Å²) >= 11 is 5.66. The second-order valence-corrected chi connectivity index (χ2v) is 8.72. The maximum Gasteiger partial charge on any atom is 0.416 e. The molecule has 2 aromatic heterocycles. The Labute approximate surface area is 191 Å². The number of rotatable bonds is 4. The molecule has 0 bridgehead atoms. The van der Waals surface area contributed by atoms with Crippen molar-refractivity contribution in [1.82, 2.24) is 19.8 Å². The van der Waals surface area contributed by atoms with Crippen LogP contribution in [0.3, 0.4) is 0 Å². The molecule has 1 aliphatic rings. The number of benzene rings is 1. The highest BCUT2D eigenvalue weighted by Crippen LogP contribution is 2.42. The third-order valence-corrected chi connectivity index (χ3v) is 6.24. The molecule has 1 fully saturated rings. The lowest BCUT2D eigenvalue weighted by atomic mass is 9.96. The molecule has 2 atom stereocenters. The van der Waals surface area contributed by atoms with E-state index in [1.165, 1.54) is 12.1 Å². The van der Waals surface area contributed by atoms with Crippen LogP contribution in [0.1, 0.15) is 54.1 Å². The molecule has 0 aliphatic carbocycles. The first-order valence-corrected chi connectivity index (χ1v) is 10.9. The standard InChI is InChI=1S/C24H25F3N4S/c1-14(2)30-22(21(29-23(30)32)20-10-5-6-11-28-20)19-12-15(3)31(16(19)4)18-9-7-8-17(13-18)24(25,26)27/h5-14,21-22H,1-4H3,(H,29,32)/t21-,22+/m1/s1.